The van der Waals surface area contributed by atoms with Gasteiger partial charge in [0.2, 0.25) is 0 Å². The fraction of sp³-hybridized carbons (Fsp3) is 0.263. The van der Waals surface area contributed by atoms with Crippen LogP contribution < -0.4 is 5.32 Å². The minimum atomic E-state index is -0.767. The van der Waals surface area contributed by atoms with Gasteiger partial charge in [0.15, 0.2) is 6.61 Å². The number of carbonyl (C=O) groups excluding carboxylic acids is 2. The maximum absolute atomic E-state index is 11.8. The summed E-state index contributed by atoms with van der Waals surface area (Å²) in [4.78, 5) is 33.3. The normalized spacial score (nSPS) is 11.9. The van der Waals surface area contributed by atoms with Crippen LogP contribution in [0.1, 0.15) is 37.5 Å². The van der Waals surface area contributed by atoms with Crippen molar-refractivity contribution < 1.29 is 23.7 Å². The number of nitrogens with one attached hydrogen (secondary N) is 1. The molecule has 0 saturated heterocycles. The van der Waals surface area contributed by atoms with Gasteiger partial charge in [0.25, 0.3) is 5.91 Å². The van der Waals surface area contributed by atoms with E-state index in [9.17, 15) is 19.7 Å². The first kappa shape index (κ1) is 19.9. The number of esters is 1. The highest BCUT2D eigenvalue weighted by Gasteiger charge is 2.11. The Morgan fingerprint density at radius 1 is 1.26 bits per heavy atom. The number of nitrogens with zero attached hydrogens (tertiary/aromatic N) is 1. The molecule has 1 amide bonds. The molecule has 1 N–H and O–H groups in total. The van der Waals surface area contributed by atoms with Crippen LogP contribution in [0.2, 0.25) is 0 Å². The number of furan rings is 1. The second-order valence-electron chi connectivity index (χ2n) is 5.85. The van der Waals surface area contributed by atoms with Crippen molar-refractivity contribution >= 4 is 29.5 Å². The molecular weight excluding hydrogens is 352 g/mol. The molecule has 27 heavy (non-hydrogen) atoms. The number of benzene rings is 1. The standard InChI is InChI=1S/C19H20N2O6/c1-3-13(2)14-4-6-15(7-5-14)20-17(22)12-26-19(23)11-9-16-8-10-18(27-16)21(24)25/h4-11,13H,3,12H2,1-2H3,(H,20,22)/b11-9+/t13-/m0/s1. The summed E-state index contributed by atoms with van der Waals surface area (Å²) in [6.07, 6.45) is 3.28. The van der Waals surface area contributed by atoms with Crippen molar-refractivity contribution in [2.45, 2.75) is 26.2 Å². The second kappa shape index (κ2) is 9.33. The molecule has 0 saturated carbocycles. The van der Waals surface area contributed by atoms with Crippen molar-refractivity contribution in [1.82, 2.24) is 0 Å². The Morgan fingerprint density at radius 2 is 1.96 bits per heavy atom. The Hall–Kier alpha value is -3.42. The summed E-state index contributed by atoms with van der Waals surface area (Å²) < 4.78 is 9.68. The Morgan fingerprint density at radius 3 is 2.56 bits per heavy atom. The highest BCUT2D eigenvalue weighted by atomic mass is 16.6. The average molecular weight is 372 g/mol. The molecule has 1 atom stereocenters. The Balaban J connectivity index is 1.79. The van der Waals surface area contributed by atoms with Gasteiger partial charge in [0.1, 0.15) is 10.7 Å². The SMILES string of the molecule is CC[C@H](C)c1ccc(NC(=O)COC(=O)/C=C/c2ccc([N+](=O)[O-])o2)cc1. The summed E-state index contributed by atoms with van der Waals surface area (Å²) in [5.74, 6) is -1.10. The van der Waals surface area contributed by atoms with Gasteiger partial charge in [0, 0.05) is 11.8 Å². The number of rotatable bonds is 8. The number of amides is 1. The lowest BCUT2D eigenvalue weighted by Gasteiger charge is -2.10. The van der Waals surface area contributed by atoms with E-state index in [4.69, 9.17) is 9.15 Å². The lowest BCUT2D eigenvalue weighted by atomic mass is 9.99. The van der Waals surface area contributed by atoms with Gasteiger partial charge in [-0.2, -0.15) is 0 Å². The average Bonchev–Trinajstić information content (AvgIpc) is 3.14. The summed E-state index contributed by atoms with van der Waals surface area (Å²) in [5, 5.41) is 13.1. The molecule has 8 nitrogen and oxygen atoms in total. The van der Waals surface area contributed by atoms with E-state index in [0.29, 0.717) is 11.6 Å². The van der Waals surface area contributed by atoms with E-state index in [-0.39, 0.29) is 5.76 Å². The topological polar surface area (TPSA) is 112 Å². The van der Waals surface area contributed by atoms with Crippen LogP contribution in [0.15, 0.2) is 46.9 Å². The largest absolute Gasteiger partial charge is 0.452 e. The molecule has 1 aromatic carbocycles. The molecule has 0 aliphatic carbocycles. The molecule has 1 aromatic heterocycles. The highest BCUT2D eigenvalue weighted by Crippen LogP contribution is 2.20. The molecule has 8 heteroatoms. The van der Waals surface area contributed by atoms with Crippen LogP contribution in [-0.2, 0) is 14.3 Å². The van der Waals surface area contributed by atoms with Gasteiger partial charge in [-0.3, -0.25) is 14.9 Å². The molecule has 0 aliphatic rings. The molecule has 1 heterocycles. The first-order chi connectivity index (χ1) is 12.9. The summed E-state index contributed by atoms with van der Waals surface area (Å²) in [6.45, 7) is 3.78. The molecule has 0 radical (unpaired) electrons. The van der Waals surface area contributed by atoms with Gasteiger partial charge in [-0.25, -0.2) is 4.79 Å². The third-order valence-corrected chi connectivity index (χ3v) is 3.90. The summed E-state index contributed by atoms with van der Waals surface area (Å²) in [7, 11) is 0. The summed E-state index contributed by atoms with van der Waals surface area (Å²) in [6, 6.07) is 10.0. The van der Waals surface area contributed by atoms with Crippen molar-refractivity contribution in [1.29, 1.82) is 0 Å². The van der Waals surface area contributed by atoms with E-state index in [0.717, 1.165) is 12.5 Å². The molecule has 0 spiro atoms. The number of hydrogen-bond acceptors (Lipinski definition) is 6. The molecule has 0 unspecified atom stereocenters. The molecule has 2 aromatic rings. The quantitative estimate of drug-likeness (QED) is 0.325. The highest BCUT2D eigenvalue weighted by molar-refractivity contribution is 5.94. The van der Waals surface area contributed by atoms with Gasteiger partial charge in [-0.05, 0) is 42.2 Å². The van der Waals surface area contributed by atoms with Crippen LogP contribution in [0.25, 0.3) is 6.08 Å². The van der Waals surface area contributed by atoms with Crippen molar-refractivity contribution in [3.63, 3.8) is 0 Å². The van der Waals surface area contributed by atoms with E-state index in [1.807, 2.05) is 12.1 Å². The number of anilines is 1. The summed E-state index contributed by atoms with van der Waals surface area (Å²) in [5.41, 5.74) is 1.80. The van der Waals surface area contributed by atoms with Crippen LogP contribution in [0.4, 0.5) is 11.6 Å². The van der Waals surface area contributed by atoms with Gasteiger partial charge in [0.05, 0.1) is 6.07 Å². The fourth-order valence-electron chi connectivity index (χ4n) is 2.19. The zero-order chi connectivity index (χ0) is 19.8. The molecule has 0 aliphatic heterocycles. The first-order valence-corrected chi connectivity index (χ1v) is 8.38. The van der Waals surface area contributed by atoms with E-state index >= 15 is 0 Å². The minimum Gasteiger partial charge on any atom is -0.452 e. The first-order valence-electron chi connectivity index (χ1n) is 8.38. The summed E-state index contributed by atoms with van der Waals surface area (Å²) >= 11 is 0. The number of nitro groups is 1. The molecule has 2 rings (SSSR count). The predicted octanol–water partition coefficient (Wildman–Crippen LogP) is 3.90. The Labute approximate surface area is 156 Å². The van der Waals surface area contributed by atoms with Gasteiger partial charge < -0.3 is 14.5 Å². The second-order valence-corrected chi connectivity index (χ2v) is 5.85. The van der Waals surface area contributed by atoms with Crippen LogP contribution in [0.3, 0.4) is 0 Å². The van der Waals surface area contributed by atoms with Crippen LogP contribution >= 0.6 is 0 Å². The van der Waals surface area contributed by atoms with Gasteiger partial charge in [-0.1, -0.05) is 26.0 Å². The van der Waals surface area contributed by atoms with Crippen LogP contribution in [0.5, 0.6) is 0 Å². The van der Waals surface area contributed by atoms with Crippen molar-refractivity contribution in [3.05, 3.63) is 63.9 Å². The van der Waals surface area contributed by atoms with Gasteiger partial charge >= 0.3 is 11.9 Å². The van der Waals surface area contributed by atoms with Crippen LogP contribution in [-0.4, -0.2) is 23.4 Å². The third kappa shape index (κ3) is 6.10. The molecule has 0 bridgehead atoms. The zero-order valence-corrected chi connectivity index (χ0v) is 15.0. The minimum absolute atomic E-state index is 0.129. The maximum atomic E-state index is 11.8. The molecular formula is C19H20N2O6. The molecule has 142 valence electrons. The lowest BCUT2D eigenvalue weighted by molar-refractivity contribution is -0.402. The number of ether oxygens (including phenoxy) is 1. The smallest absolute Gasteiger partial charge is 0.433 e. The van der Waals surface area contributed by atoms with E-state index in [2.05, 4.69) is 19.2 Å². The maximum Gasteiger partial charge on any atom is 0.433 e. The third-order valence-electron chi connectivity index (χ3n) is 3.90. The van der Waals surface area contributed by atoms with E-state index in [1.165, 1.54) is 23.8 Å². The van der Waals surface area contributed by atoms with Crippen molar-refractivity contribution in [2.75, 3.05) is 11.9 Å². The lowest BCUT2D eigenvalue weighted by Crippen LogP contribution is -2.20. The predicted molar refractivity (Wildman–Crippen MR) is 99.1 cm³/mol. The van der Waals surface area contributed by atoms with Crippen LogP contribution in [0, 0.1) is 10.1 Å². The number of hydrogen-bond donors (Lipinski definition) is 1. The number of carbonyl (C=O) groups is 2. The van der Waals surface area contributed by atoms with E-state index < -0.39 is 29.3 Å². The molecule has 0 fully saturated rings. The monoisotopic (exact) mass is 372 g/mol. The Kier molecular flexibility index (Phi) is 6.87. The Bertz CT molecular complexity index is 838. The van der Waals surface area contributed by atoms with Gasteiger partial charge in [-0.15, -0.1) is 0 Å². The zero-order valence-electron chi connectivity index (χ0n) is 15.0. The van der Waals surface area contributed by atoms with Crippen molar-refractivity contribution in [2.24, 2.45) is 0 Å². The fourth-order valence-corrected chi connectivity index (χ4v) is 2.19. The van der Waals surface area contributed by atoms with Crippen molar-refractivity contribution in [3.8, 4) is 0 Å². The van der Waals surface area contributed by atoms with E-state index in [1.54, 1.807) is 12.1 Å².